The van der Waals surface area contributed by atoms with Gasteiger partial charge >= 0.3 is 0 Å². The Morgan fingerprint density at radius 1 is 1.27 bits per heavy atom. The van der Waals surface area contributed by atoms with Gasteiger partial charge in [0.1, 0.15) is 6.61 Å². The van der Waals surface area contributed by atoms with Crippen molar-refractivity contribution in [2.45, 2.75) is 109 Å². The molecule has 1 saturated heterocycles. The lowest BCUT2D eigenvalue weighted by Crippen LogP contribution is -2.46. The molecule has 1 saturated carbocycles. The molecule has 182 valence electrons. The molecule has 4 aliphatic rings. The molecule has 5 atom stereocenters. The number of rotatable bonds is 6. The van der Waals surface area contributed by atoms with E-state index in [0.717, 1.165) is 38.5 Å². The Balaban J connectivity index is 1.23. The highest BCUT2D eigenvalue weighted by molar-refractivity contribution is 5.77. The van der Waals surface area contributed by atoms with Crippen molar-refractivity contribution < 1.29 is 9.53 Å². The number of fused-ring (bicyclic) bond motifs is 2. The summed E-state index contributed by atoms with van der Waals surface area (Å²) in [6.45, 7) is 7.24. The number of nitrogens with zero attached hydrogens (tertiary/aromatic N) is 2. The SMILES string of the molecule is CCC1(C)CCc2c([C@@]3(C)CC4C=CC(N(C)C(=O)COC5CCCC5)CC4N3)n[nH]c2C1. The molecule has 2 heterocycles. The molecule has 0 bridgehead atoms. The van der Waals surface area contributed by atoms with E-state index < -0.39 is 0 Å². The Morgan fingerprint density at radius 2 is 2.06 bits per heavy atom. The lowest BCUT2D eigenvalue weighted by molar-refractivity contribution is -0.138. The number of carbonyl (C=O) groups excluding carboxylic acids is 1. The quantitative estimate of drug-likeness (QED) is 0.631. The Kier molecular flexibility index (Phi) is 6.19. The van der Waals surface area contributed by atoms with Crippen molar-refractivity contribution in [3.8, 4) is 0 Å². The van der Waals surface area contributed by atoms with Gasteiger partial charge in [-0.2, -0.15) is 5.10 Å². The summed E-state index contributed by atoms with van der Waals surface area (Å²) >= 11 is 0. The number of hydrogen-bond donors (Lipinski definition) is 2. The van der Waals surface area contributed by atoms with Gasteiger partial charge < -0.3 is 15.0 Å². The van der Waals surface area contributed by atoms with E-state index in [1.54, 1.807) is 0 Å². The van der Waals surface area contributed by atoms with E-state index in [2.05, 4.69) is 43.3 Å². The van der Waals surface area contributed by atoms with Crippen LogP contribution in [0.15, 0.2) is 12.2 Å². The van der Waals surface area contributed by atoms with E-state index in [1.165, 1.54) is 42.6 Å². The van der Waals surface area contributed by atoms with Gasteiger partial charge in [-0.05, 0) is 68.8 Å². The molecule has 0 aromatic carbocycles. The van der Waals surface area contributed by atoms with Gasteiger partial charge in [0.2, 0.25) is 5.91 Å². The largest absolute Gasteiger partial charge is 0.368 e. The summed E-state index contributed by atoms with van der Waals surface area (Å²) in [5, 5.41) is 12.2. The molecule has 6 nitrogen and oxygen atoms in total. The zero-order chi connectivity index (χ0) is 23.2. The van der Waals surface area contributed by atoms with Crippen LogP contribution < -0.4 is 5.32 Å². The first-order valence-electron chi connectivity index (χ1n) is 13.2. The molecule has 1 aliphatic heterocycles. The maximum atomic E-state index is 12.8. The summed E-state index contributed by atoms with van der Waals surface area (Å²) in [5.74, 6) is 0.581. The normalized spacial score (nSPS) is 36.1. The van der Waals surface area contributed by atoms with Gasteiger partial charge in [0, 0.05) is 18.8 Å². The first-order chi connectivity index (χ1) is 15.8. The van der Waals surface area contributed by atoms with Crippen LogP contribution in [0.2, 0.25) is 0 Å². The van der Waals surface area contributed by atoms with E-state index in [9.17, 15) is 4.79 Å². The molecule has 6 heteroatoms. The average Bonchev–Trinajstić information content (AvgIpc) is 3.54. The van der Waals surface area contributed by atoms with Crippen molar-refractivity contribution in [1.29, 1.82) is 0 Å². The molecule has 2 N–H and O–H groups in total. The van der Waals surface area contributed by atoms with E-state index >= 15 is 0 Å². The molecular formula is C27H42N4O2. The highest BCUT2D eigenvalue weighted by Gasteiger charge is 2.47. The number of aromatic nitrogens is 2. The van der Waals surface area contributed by atoms with Crippen LogP contribution in [0.5, 0.6) is 0 Å². The molecule has 5 rings (SSSR count). The predicted molar refractivity (Wildman–Crippen MR) is 130 cm³/mol. The van der Waals surface area contributed by atoms with Gasteiger partial charge in [-0.15, -0.1) is 0 Å². The number of aromatic amines is 1. The van der Waals surface area contributed by atoms with E-state index in [-0.39, 0.29) is 30.2 Å². The molecule has 2 fully saturated rings. The smallest absolute Gasteiger partial charge is 0.248 e. The van der Waals surface area contributed by atoms with Gasteiger partial charge in [0.15, 0.2) is 0 Å². The number of amides is 1. The number of H-pyrrole nitrogens is 1. The molecule has 1 amide bonds. The minimum Gasteiger partial charge on any atom is -0.368 e. The van der Waals surface area contributed by atoms with E-state index in [1.807, 2.05) is 11.9 Å². The number of ether oxygens (including phenoxy) is 1. The Bertz CT molecular complexity index is 904. The van der Waals surface area contributed by atoms with Gasteiger partial charge in [-0.3, -0.25) is 9.89 Å². The summed E-state index contributed by atoms with van der Waals surface area (Å²) in [7, 11) is 1.93. The van der Waals surface area contributed by atoms with Crippen LogP contribution in [-0.2, 0) is 27.9 Å². The first kappa shape index (κ1) is 23.1. The predicted octanol–water partition coefficient (Wildman–Crippen LogP) is 4.25. The monoisotopic (exact) mass is 454 g/mol. The third-order valence-electron chi connectivity index (χ3n) is 9.29. The van der Waals surface area contributed by atoms with Crippen LogP contribution in [-0.4, -0.2) is 52.8 Å². The van der Waals surface area contributed by atoms with Gasteiger partial charge in [0.05, 0.1) is 23.4 Å². The van der Waals surface area contributed by atoms with Crippen LogP contribution >= 0.6 is 0 Å². The summed E-state index contributed by atoms with van der Waals surface area (Å²) in [6, 6.07) is 0.493. The zero-order valence-electron chi connectivity index (χ0n) is 21.0. The van der Waals surface area contributed by atoms with Gasteiger partial charge in [-0.25, -0.2) is 0 Å². The van der Waals surface area contributed by atoms with Crippen LogP contribution in [0.3, 0.4) is 0 Å². The van der Waals surface area contributed by atoms with Crippen molar-refractivity contribution in [1.82, 2.24) is 20.4 Å². The first-order valence-corrected chi connectivity index (χ1v) is 13.2. The van der Waals surface area contributed by atoms with Crippen LogP contribution in [0, 0.1) is 11.3 Å². The maximum absolute atomic E-state index is 12.8. The second kappa shape index (κ2) is 8.84. The molecule has 0 spiro atoms. The standard InChI is InChI=1S/C27H42N4O2/c1-5-26(2)13-12-21-23(16-26)29-30-25(21)27(3)15-18-10-11-19(14-22(18)28-27)31(4)24(32)17-33-20-8-6-7-9-20/h10-11,18-20,22,28H,5-9,12-17H2,1-4H3,(H,29,30)/t18?,19?,22?,26?,27-/m1/s1. The van der Waals surface area contributed by atoms with Crippen molar-refractivity contribution in [2.75, 3.05) is 13.7 Å². The summed E-state index contributed by atoms with van der Waals surface area (Å²) in [4.78, 5) is 14.7. The molecule has 4 unspecified atom stereocenters. The number of carbonyl (C=O) groups is 1. The number of hydrogen-bond acceptors (Lipinski definition) is 4. The topological polar surface area (TPSA) is 70.2 Å². The van der Waals surface area contributed by atoms with E-state index in [4.69, 9.17) is 9.84 Å². The van der Waals surface area contributed by atoms with Gasteiger partial charge in [0.25, 0.3) is 0 Å². The fourth-order valence-electron chi connectivity index (χ4n) is 6.73. The molecule has 1 aromatic heterocycles. The fourth-order valence-corrected chi connectivity index (χ4v) is 6.73. The Labute approximate surface area is 198 Å². The molecule has 1 aromatic rings. The summed E-state index contributed by atoms with van der Waals surface area (Å²) in [6.07, 6.45) is 16.2. The minimum atomic E-state index is -0.118. The molecule has 3 aliphatic carbocycles. The summed E-state index contributed by atoms with van der Waals surface area (Å²) < 4.78 is 5.88. The second-order valence-electron chi connectivity index (χ2n) is 11.7. The van der Waals surface area contributed by atoms with E-state index in [0.29, 0.717) is 17.4 Å². The highest BCUT2D eigenvalue weighted by atomic mass is 16.5. The third kappa shape index (κ3) is 4.41. The van der Waals surface area contributed by atoms with Crippen molar-refractivity contribution in [3.63, 3.8) is 0 Å². The Morgan fingerprint density at radius 3 is 2.82 bits per heavy atom. The second-order valence-corrected chi connectivity index (χ2v) is 11.7. The van der Waals surface area contributed by atoms with Crippen molar-refractivity contribution in [3.05, 3.63) is 29.1 Å². The van der Waals surface area contributed by atoms with Gasteiger partial charge in [-0.1, -0.05) is 45.3 Å². The zero-order valence-corrected chi connectivity index (χ0v) is 21.0. The third-order valence-corrected chi connectivity index (χ3v) is 9.29. The molecule has 0 radical (unpaired) electrons. The fraction of sp³-hybridized carbons (Fsp3) is 0.778. The lowest BCUT2D eigenvalue weighted by Gasteiger charge is -2.34. The lowest BCUT2D eigenvalue weighted by atomic mass is 9.72. The maximum Gasteiger partial charge on any atom is 0.248 e. The number of nitrogens with one attached hydrogen (secondary N) is 2. The minimum absolute atomic E-state index is 0.0936. The summed E-state index contributed by atoms with van der Waals surface area (Å²) in [5.41, 5.74) is 4.30. The van der Waals surface area contributed by atoms with Crippen LogP contribution in [0.25, 0.3) is 0 Å². The van der Waals surface area contributed by atoms with Crippen molar-refractivity contribution >= 4 is 5.91 Å². The number of likely N-dealkylation sites (N-methyl/N-ethyl adjacent to an activating group) is 1. The van der Waals surface area contributed by atoms with Crippen LogP contribution in [0.1, 0.15) is 89.1 Å². The van der Waals surface area contributed by atoms with Crippen molar-refractivity contribution in [2.24, 2.45) is 11.3 Å². The highest BCUT2D eigenvalue weighted by Crippen LogP contribution is 2.45. The molecular weight excluding hydrogens is 412 g/mol. The molecule has 33 heavy (non-hydrogen) atoms. The average molecular weight is 455 g/mol. The van der Waals surface area contributed by atoms with Crippen LogP contribution in [0.4, 0.5) is 0 Å². The Hall–Kier alpha value is -1.66.